The van der Waals surface area contributed by atoms with Crippen LogP contribution < -0.4 is 20.3 Å². The van der Waals surface area contributed by atoms with Gasteiger partial charge in [0.05, 0.1) is 19.9 Å². The van der Waals surface area contributed by atoms with Crippen molar-refractivity contribution in [3.8, 4) is 11.5 Å². The van der Waals surface area contributed by atoms with E-state index in [1.807, 2.05) is 0 Å². The standard InChI is InChI=1S/C21H20F3N3O3/c1-12-8-17(30-20(23)24)13(2)7-16(12)25-21-26-19(28)18(29-3)11-27(21)10-14-5-4-6-15(22)9-14/h4-9,11,20H,10H2,1-3H3,(H,25,26,28). The highest BCUT2D eigenvalue weighted by molar-refractivity contribution is 5.62. The minimum atomic E-state index is -2.93. The molecule has 3 aromatic rings. The summed E-state index contributed by atoms with van der Waals surface area (Å²) in [6.45, 7) is 0.623. The van der Waals surface area contributed by atoms with Crippen LogP contribution in [0.3, 0.4) is 0 Å². The van der Waals surface area contributed by atoms with E-state index >= 15 is 0 Å². The normalized spacial score (nSPS) is 10.9. The van der Waals surface area contributed by atoms with Gasteiger partial charge in [-0.05, 0) is 54.8 Å². The molecule has 0 fully saturated rings. The Morgan fingerprint density at radius 3 is 2.57 bits per heavy atom. The molecule has 3 rings (SSSR count). The van der Waals surface area contributed by atoms with Gasteiger partial charge in [0.15, 0.2) is 0 Å². The lowest BCUT2D eigenvalue weighted by atomic mass is 10.1. The first-order chi connectivity index (χ1) is 14.3. The number of nitrogens with zero attached hydrogens (tertiary/aromatic N) is 2. The van der Waals surface area contributed by atoms with Crippen LogP contribution in [0.25, 0.3) is 0 Å². The predicted octanol–water partition coefficient (Wildman–Crippen LogP) is 4.40. The molecular formula is C21H20F3N3O3. The largest absolute Gasteiger partial charge is 0.490 e. The van der Waals surface area contributed by atoms with E-state index in [2.05, 4.69) is 15.0 Å². The van der Waals surface area contributed by atoms with E-state index in [0.29, 0.717) is 22.4 Å². The number of hydrogen-bond donors (Lipinski definition) is 1. The molecule has 6 nitrogen and oxygen atoms in total. The van der Waals surface area contributed by atoms with Crippen molar-refractivity contribution in [1.29, 1.82) is 0 Å². The summed E-state index contributed by atoms with van der Waals surface area (Å²) in [4.78, 5) is 16.2. The Hall–Kier alpha value is -3.49. The molecule has 0 aliphatic carbocycles. The van der Waals surface area contributed by atoms with Gasteiger partial charge in [-0.2, -0.15) is 13.8 Å². The molecule has 0 spiro atoms. The molecule has 0 amide bonds. The molecule has 0 bridgehead atoms. The van der Waals surface area contributed by atoms with Crippen molar-refractivity contribution in [2.45, 2.75) is 27.0 Å². The fourth-order valence-corrected chi connectivity index (χ4v) is 2.93. The number of hydrogen-bond acceptors (Lipinski definition) is 5. The van der Waals surface area contributed by atoms with Gasteiger partial charge >= 0.3 is 12.2 Å². The van der Waals surface area contributed by atoms with Crippen molar-refractivity contribution in [1.82, 2.24) is 9.55 Å². The van der Waals surface area contributed by atoms with Crippen molar-refractivity contribution in [2.75, 3.05) is 12.4 Å². The van der Waals surface area contributed by atoms with Crippen molar-refractivity contribution in [3.63, 3.8) is 0 Å². The molecule has 0 unspecified atom stereocenters. The molecule has 1 aromatic heterocycles. The minimum Gasteiger partial charge on any atom is -0.490 e. The van der Waals surface area contributed by atoms with Crippen molar-refractivity contribution < 1.29 is 22.6 Å². The number of alkyl halides is 2. The van der Waals surface area contributed by atoms with Gasteiger partial charge in [0.1, 0.15) is 11.6 Å². The maximum absolute atomic E-state index is 13.6. The first kappa shape index (κ1) is 21.2. The van der Waals surface area contributed by atoms with Gasteiger partial charge in [0, 0.05) is 5.69 Å². The monoisotopic (exact) mass is 419 g/mol. The zero-order chi connectivity index (χ0) is 21.8. The number of rotatable bonds is 7. The van der Waals surface area contributed by atoms with Crippen molar-refractivity contribution in [2.24, 2.45) is 0 Å². The van der Waals surface area contributed by atoms with Gasteiger partial charge < -0.3 is 19.4 Å². The van der Waals surface area contributed by atoms with E-state index < -0.39 is 12.2 Å². The van der Waals surface area contributed by atoms with Crippen LogP contribution >= 0.6 is 0 Å². The highest BCUT2D eigenvalue weighted by Gasteiger charge is 2.14. The summed E-state index contributed by atoms with van der Waals surface area (Å²) in [7, 11) is 1.35. The molecule has 9 heteroatoms. The van der Waals surface area contributed by atoms with Crippen LogP contribution in [0.1, 0.15) is 16.7 Å². The second-order valence-corrected chi connectivity index (χ2v) is 6.63. The lowest BCUT2D eigenvalue weighted by molar-refractivity contribution is -0.0503. The summed E-state index contributed by atoms with van der Waals surface area (Å²) in [6.07, 6.45) is 1.47. The maximum atomic E-state index is 13.6. The molecule has 2 aromatic carbocycles. The SMILES string of the molecule is COc1cn(Cc2cccc(F)c2)c(Nc2cc(C)c(OC(F)F)cc2C)nc1=O. The molecule has 0 saturated carbocycles. The second-order valence-electron chi connectivity index (χ2n) is 6.63. The van der Waals surface area contributed by atoms with Crippen LogP contribution in [-0.4, -0.2) is 23.3 Å². The zero-order valence-electron chi connectivity index (χ0n) is 16.6. The van der Waals surface area contributed by atoms with Crippen molar-refractivity contribution in [3.05, 3.63) is 75.5 Å². The molecule has 1 heterocycles. The molecule has 0 atom stereocenters. The van der Waals surface area contributed by atoms with E-state index in [1.165, 1.54) is 31.5 Å². The van der Waals surface area contributed by atoms with E-state index in [1.54, 1.807) is 36.6 Å². The number of benzene rings is 2. The van der Waals surface area contributed by atoms with Crippen LogP contribution in [0, 0.1) is 19.7 Å². The summed E-state index contributed by atoms with van der Waals surface area (Å²) in [5.74, 6) is -0.0995. The zero-order valence-corrected chi connectivity index (χ0v) is 16.6. The molecule has 30 heavy (non-hydrogen) atoms. The van der Waals surface area contributed by atoms with Crippen LogP contribution in [0.15, 0.2) is 47.4 Å². The Balaban J connectivity index is 2.00. The number of halogens is 3. The third-order valence-corrected chi connectivity index (χ3v) is 4.41. The first-order valence-corrected chi connectivity index (χ1v) is 9.00. The van der Waals surface area contributed by atoms with E-state index in [4.69, 9.17) is 4.74 Å². The number of nitrogens with one attached hydrogen (secondary N) is 1. The average molecular weight is 419 g/mol. The third kappa shape index (κ3) is 4.91. The second kappa shape index (κ2) is 8.89. The number of aryl methyl sites for hydroxylation is 2. The van der Waals surface area contributed by atoms with Crippen LogP contribution in [-0.2, 0) is 6.54 Å². The van der Waals surface area contributed by atoms with Gasteiger partial charge in [0.25, 0.3) is 0 Å². The van der Waals surface area contributed by atoms with Crippen molar-refractivity contribution >= 4 is 11.6 Å². The summed E-state index contributed by atoms with van der Waals surface area (Å²) in [5.41, 5.74) is 1.72. The lowest BCUT2D eigenvalue weighted by Gasteiger charge is -2.18. The molecular weight excluding hydrogens is 399 g/mol. The van der Waals surface area contributed by atoms with Gasteiger partial charge in [0.2, 0.25) is 11.7 Å². The predicted molar refractivity (Wildman–Crippen MR) is 106 cm³/mol. The number of methoxy groups -OCH3 is 1. The Labute approximate surface area is 170 Å². The number of anilines is 2. The Kier molecular flexibility index (Phi) is 6.29. The maximum Gasteiger partial charge on any atom is 0.387 e. The Morgan fingerprint density at radius 1 is 1.13 bits per heavy atom. The van der Waals surface area contributed by atoms with Gasteiger partial charge in [-0.1, -0.05) is 12.1 Å². The fraction of sp³-hybridized carbons (Fsp3) is 0.238. The number of aromatic nitrogens is 2. The molecule has 158 valence electrons. The first-order valence-electron chi connectivity index (χ1n) is 9.00. The molecule has 0 aliphatic rings. The van der Waals surface area contributed by atoms with Crippen LogP contribution in [0.2, 0.25) is 0 Å². The third-order valence-electron chi connectivity index (χ3n) is 4.41. The van der Waals surface area contributed by atoms with Gasteiger partial charge in [-0.25, -0.2) is 4.39 Å². The quantitative estimate of drug-likeness (QED) is 0.615. The highest BCUT2D eigenvalue weighted by Crippen LogP contribution is 2.29. The summed E-state index contributed by atoms with van der Waals surface area (Å²) < 4.78 is 49.9. The smallest absolute Gasteiger partial charge is 0.387 e. The van der Waals surface area contributed by atoms with Gasteiger partial charge in [-0.15, -0.1) is 0 Å². The topological polar surface area (TPSA) is 65.4 Å². The lowest BCUT2D eigenvalue weighted by Crippen LogP contribution is -2.19. The molecule has 1 N–H and O–H groups in total. The Bertz CT molecular complexity index is 1120. The van der Waals surface area contributed by atoms with Crippen LogP contribution in [0.4, 0.5) is 24.8 Å². The fourth-order valence-electron chi connectivity index (χ4n) is 2.93. The summed E-state index contributed by atoms with van der Waals surface area (Å²) in [5, 5.41) is 3.05. The van der Waals surface area contributed by atoms with Crippen LogP contribution in [0.5, 0.6) is 11.5 Å². The molecule has 0 saturated heterocycles. The van der Waals surface area contributed by atoms with Gasteiger partial charge in [-0.3, -0.25) is 4.79 Å². The minimum absolute atomic E-state index is 0.0329. The van der Waals surface area contributed by atoms with E-state index in [9.17, 15) is 18.0 Å². The average Bonchev–Trinajstić information content (AvgIpc) is 2.67. The van der Waals surface area contributed by atoms with E-state index in [-0.39, 0.29) is 29.8 Å². The van der Waals surface area contributed by atoms with E-state index in [0.717, 1.165) is 0 Å². The Morgan fingerprint density at radius 2 is 1.90 bits per heavy atom. The highest BCUT2D eigenvalue weighted by atomic mass is 19.3. The number of ether oxygens (including phenoxy) is 2. The summed E-state index contributed by atoms with van der Waals surface area (Å²) >= 11 is 0. The molecule has 0 radical (unpaired) electrons. The summed E-state index contributed by atoms with van der Waals surface area (Å²) in [6, 6.07) is 9.13. The molecule has 0 aliphatic heterocycles.